The van der Waals surface area contributed by atoms with Crippen LogP contribution in [0.1, 0.15) is 39.5 Å². The van der Waals surface area contributed by atoms with Gasteiger partial charge in [-0.15, -0.1) is 0 Å². The summed E-state index contributed by atoms with van der Waals surface area (Å²) in [4.78, 5) is 20.3. The van der Waals surface area contributed by atoms with Gasteiger partial charge in [-0.05, 0) is 18.3 Å². The highest BCUT2D eigenvalue weighted by molar-refractivity contribution is 6.32. The van der Waals surface area contributed by atoms with Gasteiger partial charge in [-0.3, -0.25) is 4.79 Å². The fourth-order valence-corrected chi connectivity index (χ4v) is 2.97. The van der Waals surface area contributed by atoms with E-state index in [2.05, 4.69) is 28.7 Å². The van der Waals surface area contributed by atoms with Crippen molar-refractivity contribution in [3.63, 3.8) is 0 Å². The molecule has 0 amide bonds. The van der Waals surface area contributed by atoms with E-state index in [-0.39, 0.29) is 10.6 Å². The minimum absolute atomic E-state index is 0.206. The molecule has 18 heavy (non-hydrogen) atoms. The zero-order chi connectivity index (χ0) is 13.2. The summed E-state index contributed by atoms with van der Waals surface area (Å²) in [6, 6.07) is 0. The molecule has 0 aromatic carbocycles. The Hall–Kier alpha value is -1.03. The Bertz CT molecular complexity index is 458. The summed E-state index contributed by atoms with van der Waals surface area (Å²) in [6.07, 6.45) is 6.14. The molecule has 0 bridgehead atoms. The van der Waals surface area contributed by atoms with Crippen LogP contribution in [0.25, 0.3) is 0 Å². The second kappa shape index (κ2) is 5.31. The van der Waals surface area contributed by atoms with E-state index in [1.54, 1.807) is 0 Å². The zero-order valence-corrected chi connectivity index (χ0v) is 11.8. The van der Waals surface area contributed by atoms with Gasteiger partial charge in [0.2, 0.25) is 0 Å². The van der Waals surface area contributed by atoms with Crippen LogP contribution in [0, 0.1) is 5.41 Å². The van der Waals surface area contributed by atoms with E-state index in [1.807, 2.05) is 0 Å². The first kappa shape index (κ1) is 13.4. The summed E-state index contributed by atoms with van der Waals surface area (Å²) in [6.45, 7) is 6.38. The van der Waals surface area contributed by atoms with Crippen LogP contribution in [0.15, 0.2) is 11.1 Å². The first-order chi connectivity index (χ1) is 8.62. The number of anilines is 1. The van der Waals surface area contributed by atoms with E-state index in [1.165, 1.54) is 19.2 Å². The van der Waals surface area contributed by atoms with Gasteiger partial charge in [0.1, 0.15) is 5.02 Å². The number of nitrogens with one attached hydrogen (secondary N) is 1. The monoisotopic (exact) mass is 269 g/mol. The number of halogens is 1. The predicted octanol–water partition coefficient (Wildman–Crippen LogP) is 2.83. The Balaban J connectivity index is 2.15. The molecule has 0 unspecified atom stereocenters. The van der Waals surface area contributed by atoms with E-state index in [0.717, 1.165) is 25.9 Å². The van der Waals surface area contributed by atoms with Crippen LogP contribution in [-0.4, -0.2) is 23.1 Å². The van der Waals surface area contributed by atoms with Crippen molar-refractivity contribution >= 4 is 17.4 Å². The molecule has 1 saturated heterocycles. The molecule has 1 aromatic heterocycles. The average Bonchev–Trinajstić information content (AvgIpc) is 2.42. The Labute approximate surface area is 112 Å². The normalized spacial score (nSPS) is 18.9. The summed E-state index contributed by atoms with van der Waals surface area (Å²) in [7, 11) is 0. The van der Waals surface area contributed by atoms with Crippen LogP contribution in [0.3, 0.4) is 0 Å². The first-order valence-corrected chi connectivity index (χ1v) is 6.98. The van der Waals surface area contributed by atoms with E-state index in [4.69, 9.17) is 11.6 Å². The maximum Gasteiger partial charge on any atom is 0.271 e. The van der Waals surface area contributed by atoms with Crippen LogP contribution in [0.2, 0.25) is 5.02 Å². The fraction of sp³-hybridized carbons (Fsp3) is 0.692. The zero-order valence-electron chi connectivity index (χ0n) is 11.0. The van der Waals surface area contributed by atoms with Crippen molar-refractivity contribution in [2.24, 2.45) is 5.41 Å². The number of rotatable bonds is 3. The van der Waals surface area contributed by atoms with E-state index in [9.17, 15) is 4.79 Å². The minimum atomic E-state index is -0.260. The third kappa shape index (κ3) is 2.39. The van der Waals surface area contributed by atoms with Crippen LogP contribution >= 0.6 is 11.6 Å². The molecule has 0 spiro atoms. The van der Waals surface area contributed by atoms with E-state index < -0.39 is 0 Å². The van der Waals surface area contributed by atoms with Gasteiger partial charge in [0, 0.05) is 13.1 Å². The van der Waals surface area contributed by atoms with Gasteiger partial charge in [-0.2, -0.15) is 0 Å². The maximum atomic E-state index is 11.5. The van der Waals surface area contributed by atoms with Crippen molar-refractivity contribution in [3.05, 3.63) is 21.7 Å². The largest absolute Gasteiger partial charge is 0.355 e. The molecule has 2 rings (SSSR count). The van der Waals surface area contributed by atoms with Gasteiger partial charge in [0.25, 0.3) is 5.56 Å². The summed E-state index contributed by atoms with van der Waals surface area (Å²) in [5.74, 6) is 0.626. The molecular formula is C13H20ClN3O. The molecule has 1 aliphatic rings. The molecular weight excluding hydrogens is 250 g/mol. The molecule has 0 saturated carbocycles. The van der Waals surface area contributed by atoms with Crippen LogP contribution in [-0.2, 0) is 0 Å². The van der Waals surface area contributed by atoms with Crippen molar-refractivity contribution in [2.75, 3.05) is 18.0 Å². The number of hydrogen-bond acceptors (Lipinski definition) is 3. The lowest BCUT2D eigenvalue weighted by Gasteiger charge is -2.41. The first-order valence-electron chi connectivity index (χ1n) is 6.60. The second-order valence-corrected chi connectivity index (χ2v) is 5.44. The third-order valence-electron chi connectivity index (χ3n) is 4.40. The number of hydrogen-bond donors (Lipinski definition) is 1. The van der Waals surface area contributed by atoms with Gasteiger partial charge in [0.15, 0.2) is 5.82 Å². The molecule has 4 nitrogen and oxygen atoms in total. The molecule has 100 valence electrons. The maximum absolute atomic E-state index is 11.5. The van der Waals surface area contributed by atoms with Gasteiger partial charge in [0.05, 0.1) is 6.33 Å². The van der Waals surface area contributed by atoms with E-state index in [0.29, 0.717) is 11.2 Å². The number of piperidine rings is 1. The molecule has 0 radical (unpaired) electrons. The smallest absolute Gasteiger partial charge is 0.271 e. The highest BCUT2D eigenvalue weighted by Gasteiger charge is 2.32. The fourth-order valence-electron chi connectivity index (χ4n) is 2.74. The topological polar surface area (TPSA) is 49.0 Å². The summed E-state index contributed by atoms with van der Waals surface area (Å²) < 4.78 is 0. The average molecular weight is 270 g/mol. The van der Waals surface area contributed by atoms with E-state index >= 15 is 0 Å². The van der Waals surface area contributed by atoms with Crippen molar-refractivity contribution < 1.29 is 0 Å². The number of H-pyrrole nitrogens is 1. The van der Waals surface area contributed by atoms with Gasteiger partial charge in [-0.1, -0.05) is 38.3 Å². The lowest BCUT2D eigenvalue weighted by molar-refractivity contribution is 0.199. The Morgan fingerprint density at radius 1 is 1.39 bits per heavy atom. The molecule has 2 heterocycles. The Morgan fingerprint density at radius 2 is 2.00 bits per heavy atom. The summed E-state index contributed by atoms with van der Waals surface area (Å²) in [5.41, 5.74) is 0.203. The predicted molar refractivity (Wildman–Crippen MR) is 74.3 cm³/mol. The third-order valence-corrected chi connectivity index (χ3v) is 4.74. The SMILES string of the molecule is CCC1(CC)CCN(c2nc[nH]c(=O)c2Cl)CC1. The molecule has 1 fully saturated rings. The number of aromatic amines is 1. The van der Waals surface area contributed by atoms with Gasteiger partial charge < -0.3 is 9.88 Å². The van der Waals surface area contributed by atoms with Crippen molar-refractivity contribution in [2.45, 2.75) is 39.5 Å². The van der Waals surface area contributed by atoms with Crippen molar-refractivity contribution in [1.29, 1.82) is 0 Å². The standard InChI is InChI=1S/C13H20ClN3O/c1-3-13(4-2)5-7-17(8-6-13)11-10(14)12(18)16-9-15-11/h9H,3-8H2,1-2H3,(H,15,16,18). The molecule has 5 heteroatoms. The lowest BCUT2D eigenvalue weighted by Crippen LogP contribution is -2.40. The lowest BCUT2D eigenvalue weighted by atomic mass is 9.74. The minimum Gasteiger partial charge on any atom is -0.355 e. The van der Waals surface area contributed by atoms with Gasteiger partial charge >= 0.3 is 0 Å². The molecule has 0 aliphatic carbocycles. The second-order valence-electron chi connectivity index (χ2n) is 5.06. The summed E-state index contributed by atoms with van der Waals surface area (Å²) in [5, 5.41) is 0.206. The van der Waals surface area contributed by atoms with Crippen LogP contribution < -0.4 is 10.5 Å². The van der Waals surface area contributed by atoms with Crippen molar-refractivity contribution in [3.8, 4) is 0 Å². The molecule has 1 aromatic rings. The van der Waals surface area contributed by atoms with Crippen LogP contribution in [0.4, 0.5) is 5.82 Å². The quantitative estimate of drug-likeness (QED) is 0.918. The van der Waals surface area contributed by atoms with Gasteiger partial charge in [-0.25, -0.2) is 4.98 Å². The summed E-state index contributed by atoms with van der Waals surface area (Å²) >= 11 is 6.02. The highest BCUT2D eigenvalue weighted by Crippen LogP contribution is 2.39. The number of aromatic nitrogens is 2. The highest BCUT2D eigenvalue weighted by atomic mass is 35.5. The number of nitrogens with zero attached hydrogens (tertiary/aromatic N) is 2. The molecule has 0 atom stereocenters. The van der Waals surface area contributed by atoms with Crippen molar-refractivity contribution in [1.82, 2.24) is 9.97 Å². The Kier molecular flexibility index (Phi) is 3.95. The molecule has 1 N–H and O–H groups in total. The van der Waals surface area contributed by atoms with Crippen LogP contribution in [0.5, 0.6) is 0 Å². The Morgan fingerprint density at radius 3 is 2.56 bits per heavy atom. The molecule has 1 aliphatic heterocycles.